The number of benzene rings is 1. The molecule has 0 saturated carbocycles. The van der Waals surface area contributed by atoms with Crippen molar-refractivity contribution in [1.82, 2.24) is 25.5 Å². The van der Waals surface area contributed by atoms with Crippen LogP contribution in [0.5, 0.6) is 0 Å². The molecule has 1 N–H and O–H groups in total. The highest BCUT2D eigenvalue weighted by molar-refractivity contribution is 5.75. The Bertz CT molecular complexity index is 618. The van der Waals surface area contributed by atoms with Gasteiger partial charge in [0.15, 0.2) is 0 Å². The first-order valence-corrected chi connectivity index (χ1v) is 8.25. The van der Waals surface area contributed by atoms with Crippen molar-refractivity contribution >= 4 is 5.91 Å². The Morgan fingerprint density at radius 2 is 1.96 bits per heavy atom. The van der Waals surface area contributed by atoms with Crippen LogP contribution in [0.1, 0.15) is 51.5 Å². The van der Waals surface area contributed by atoms with Crippen molar-refractivity contribution < 1.29 is 4.79 Å². The molecule has 0 unspecified atom stereocenters. The Kier molecular flexibility index (Phi) is 6.26. The zero-order valence-electron chi connectivity index (χ0n) is 14.1. The number of aromatic nitrogens is 4. The van der Waals surface area contributed by atoms with Crippen molar-refractivity contribution in [2.24, 2.45) is 0 Å². The van der Waals surface area contributed by atoms with Gasteiger partial charge in [-0.05, 0) is 23.1 Å². The maximum Gasteiger partial charge on any atom is 0.243 e. The number of hydrogen-bond acceptors (Lipinski definition) is 4. The highest BCUT2D eigenvalue weighted by atomic mass is 16.2. The van der Waals surface area contributed by atoms with Gasteiger partial charge < -0.3 is 5.32 Å². The van der Waals surface area contributed by atoms with Crippen molar-refractivity contribution in [3.05, 3.63) is 29.8 Å². The zero-order chi connectivity index (χ0) is 16.7. The highest BCUT2D eigenvalue weighted by Gasteiger charge is 2.09. The molecule has 0 aliphatic carbocycles. The van der Waals surface area contributed by atoms with Gasteiger partial charge in [-0.15, -0.1) is 10.2 Å². The summed E-state index contributed by atoms with van der Waals surface area (Å²) in [6.07, 6.45) is 3.26. The first-order valence-electron chi connectivity index (χ1n) is 8.25. The van der Waals surface area contributed by atoms with E-state index in [4.69, 9.17) is 0 Å². The van der Waals surface area contributed by atoms with E-state index < -0.39 is 0 Å². The number of nitrogens with zero attached hydrogens (tertiary/aromatic N) is 4. The summed E-state index contributed by atoms with van der Waals surface area (Å²) in [5.41, 5.74) is 2.18. The van der Waals surface area contributed by atoms with Crippen LogP contribution in [-0.2, 0) is 11.3 Å². The van der Waals surface area contributed by atoms with Crippen LogP contribution in [0.4, 0.5) is 0 Å². The van der Waals surface area contributed by atoms with E-state index in [-0.39, 0.29) is 12.5 Å². The Morgan fingerprint density at radius 3 is 2.61 bits per heavy atom. The lowest BCUT2D eigenvalue weighted by atomic mass is 10.0. The fourth-order valence-corrected chi connectivity index (χ4v) is 2.23. The summed E-state index contributed by atoms with van der Waals surface area (Å²) in [7, 11) is 0. The van der Waals surface area contributed by atoms with E-state index in [1.54, 1.807) is 0 Å². The monoisotopic (exact) mass is 315 g/mol. The van der Waals surface area contributed by atoms with Gasteiger partial charge in [0.1, 0.15) is 6.54 Å². The summed E-state index contributed by atoms with van der Waals surface area (Å²) in [6.45, 7) is 7.25. The van der Waals surface area contributed by atoms with Gasteiger partial charge in [0.2, 0.25) is 11.7 Å². The summed E-state index contributed by atoms with van der Waals surface area (Å²) < 4.78 is 0. The van der Waals surface area contributed by atoms with Gasteiger partial charge in [0.05, 0.1) is 0 Å². The third-order valence-electron chi connectivity index (χ3n) is 3.68. The van der Waals surface area contributed by atoms with Gasteiger partial charge >= 0.3 is 0 Å². The van der Waals surface area contributed by atoms with Crippen LogP contribution in [0, 0.1) is 0 Å². The fraction of sp³-hybridized carbons (Fsp3) is 0.529. The maximum atomic E-state index is 11.8. The SMILES string of the molecule is CCCCCNC(=O)Cn1nnc(-c2ccc(C(C)C)cc2)n1. The number of carbonyl (C=O) groups is 1. The topological polar surface area (TPSA) is 72.7 Å². The zero-order valence-corrected chi connectivity index (χ0v) is 14.1. The van der Waals surface area contributed by atoms with Crippen LogP contribution in [0.3, 0.4) is 0 Å². The molecule has 0 bridgehead atoms. The molecule has 124 valence electrons. The molecule has 23 heavy (non-hydrogen) atoms. The van der Waals surface area contributed by atoms with Crippen molar-refractivity contribution in [1.29, 1.82) is 0 Å². The Labute approximate surface area is 137 Å². The third kappa shape index (κ3) is 5.16. The molecule has 0 saturated heterocycles. The Hall–Kier alpha value is -2.24. The van der Waals surface area contributed by atoms with Crippen molar-refractivity contribution in [3.8, 4) is 11.4 Å². The molecule has 1 aromatic carbocycles. The number of amides is 1. The predicted octanol–water partition coefficient (Wildman–Crippen LogP) is 2.77. The largest absolute Gasteiger partial charge is 0.354 e. The van der Waals surface area contributed by atoms with E-state index in [1.165, 1.54) is 10.4 Å². The molecule has 0 fully saturated rings. The van der Waals surface area contributed by atoms with E-state index >= 15 is 0 Å². The van der Waals surface area contributed by atoms with Gasteiger partial charge in [0.25, 0.3) is 0 Å². The minimum absolute atomic E-state index is 0.0831. The quantitative estimate of drug-likeness (QED) is 0.760. The smallest absolute Gasteiger partial charge is 0.243 e. The first kappa shape index (κ1) is 17.1. The second-order valence-corrected chi connectivity index (χ2v) is 5.98. The molecule has 6 heteroatoms. The second-order valence-electron chi connectivity index (χ2n) is 5.98. The lowest BCUT2D eigenvalue weighted by molar-refractivity contribution is -0.122. The fourth-order valence-electron chi connectivity index (χ4n) is 2.23. The van der Waals surface area contributed by atoms with Crippen LogP contribution >= 0.6 is 0 Å². The van der Waals surface area contributed by atoms with Gasteiger partial charge in [-0.1, -0.05) is 57.9 Å². The van der Waals surface area contributed by atoms with Gasteiger partial charge in [-0.3, -0.25) is 4.79 Å². The predicted molar refractivity (Wildman–Crippen MR) is 89.9 cm³/mol. The van der Waals surface area contributed by atoms with Gasteiger partial charge in [-0.25, -0.2) is 0 Å². The molecule has 0 spiro atoms. The summed E-state index contributed by atoms with van der Waals surface area (Å²) in [5, 5.41) is 15.1. The summed E-state index contributed by atoms with van der Waals surface area (Å²) in [5.74, 6) is 0.948. The molecule has 0 radical (unpaired) electrons. The molecule has 0 aliphatic heterocycles. The average Bonchev–Trinajstić information content (AvgIpc) is 3.00. The van der Waals surface area contributed by atoms with Crippen LogP contribution < -0.4 is 5.32 Å². The van der Waals surface area contributed by atoms with Crippen LogP contribution in [0.2, 0.25) is 0 Å². The van der Waals surface area contributed by atoms with E-state index in [0.29, 0.717) is 18.3 Å². The van der Waals surface area contributed by atoms with Crippen LogP contribution in [0.25, 0.3) is 11.4 Å². The number of nitrogens with one attached hydrogen (secondary N) is 1. The van der Waals surface area contributed by atoms with E-state index in [1.807, 2.05) is 12.1 Å². The van der Waals surface area contributed by atoms with Crippen molar-refractivity contribution in [2.75, 3.05) is 6.54 Å². The van der Waals surface area contributed by atoms with Gasteiger partial charge in [0, 0.05) is 12.1 Å². The standard InChI is InChI=1S/C17H25N5O/c1-4-5-6-11-18-16(23)12-22-20-17(19-21-22)15-9-7-14(8-10-15)13(2)3/h7-10,13H,4-6,11-12H2,1-3H3,(H,18,23). The number of unbranched alkanes of at least 4 members (excludes halogenated alkanes) is 2. The molecule has 2 aromatic rings. The van der Waals surface area contributed by atoms with Gasteiger partial charge in [-0.2, -0.15) is 4.80 Å². The van der Waals surface area contributed by atoms with E-state index in [0.717, 1.165) is 24.8 Å². The van der Waals surface area contributed by atoms with E-state index in [9.17, 15) is 4.79 Å². The van der Waals surface area contributed by atoms with Crippen LogP contribution in [0.15, 0.2) is 24.3 Å². The lowest BCUT2D eigenvalue weighted by Gasteiger charge is -2.04. The summed E-state index contributed by atoms with van der Waals surface area (Å²) in [6, 6.07) is 8.12. The average molecular weight is 315 g/mol. The molecule has 1 amide bonds. The number of hydrogen-bond donors (Lipinski definition) is 1. The number of tetrazole rings is 1. The highest BCUT2D eigenvalue weighted by Crippen LogP contribution is 2.19. The number of carbonyl (C=O) groups excluding carboxylic acids is 1. The van der Waals surface area contributed by atoms with Crippen molar-refractivity contribution in [2.45, 2.75) is 52.5 Å². The lowest BCUT2D eigenvalue weighted by Crippen LogP contribution is -2.29. The molecule has 1 heterocycles. The molecular weight excluding hydrogens is 290 g/mol. The molecule has 0 aliphatic rings. The molecule has 1 aromatic heterocycles. The normalized spacial score (nSPS) is 11.0. The Morgan fingerprint density at radius 1 is 1.22 bits per heavy atom. The summed E-state index contributed by atoms with van der Waals surface area (Å²) >= 11 is 0. The minimum Gasteiger partial charge on any atom is -0.354 e. The van der Waals surface area contributed by atoms with Crippen LogP contribution in [-0.4, -0.2) is 32.7 Å². The third-order valence-corrected chi connectivity index (χ3v) is 3.68. The second kappa shape index (κ2) is 8.41. The molecule has 6 nitrogen and oxygen atoms in total. The minimum atomic E-state index is -0.0831. The molecule has 0 atom stereocenters. The molecule has 2 rings (SSSR count). The van der Waals surface area contributed by atoms with Crippen molar-refractivity contribution in [3.63, 3.8) is 0 Å². The molecular formula is C17H25N5O. The summed E-state index contributed by atoms with van der Waals surface area (Å²) in [4.78, 5) is 13.1. The maximum absolute atomic E-state index is 11.8. The first-order chi connectivity index (χ1) is 11.1. The number of rotatable bonds is 8. The van der Waals surface area contributed by atoms with E-state index in [2.05, 4.69) is 53.6 Å². The Balaban J connectivity index is 1.91.